The van der Waals surface area contributed by atoms with Crippen molar-refractivity contribution in [2.75, 3.05) is 46.4 Å². The van der Waals surface area contributed by atoms with Gasteiger partial charge in [0.15, 0.2) is 5.69 Å². The number of ether oxygens (including phenoxy) is 1. The molecular formula is C17H24N6O2. The highest BCUT2D eigenvalue weighted by atomic mass is 16.5. The van der Waals surface area contributed by atoms with E-state index in [1.54, 1.807) is 0 Å². The van der Waals surface area contributed by atoms with Gasteiger partial charge >= 0.3 is 0 Å². The number of piperazine rings is 1. The minimum atomic E-state index is -0.609. The Bertz CT molecular complexity index is 709. The number of aromatic amines is 1. The standard InChI is InChI=1S/C17H24N6O2/c1-22-7-9-23(10-8-22)6-3-11-25-14-5-2-4-13(12-14)15-16(17(18)24)20-21-19-15/h2,4-5,12H,3,6-11H2,1H3,(H2,18,24)(H,19,20,21). The Kier molecular flexibility index (Phi) is 5.62. The van der Waals surface area contributed by atoms with Gasteiger partial charge in [-0.15, -0.1) is 0 Å². The third kappa shape index (κ3) is 4.55. The van der Waals surface area contributed by atoms with Crippen LogP contribution in [0.15, 0.2) is 24.3 Å². The summed E-state index contributed by atoms with van der Waals surface area (Å²) in [7, 11) is 2.16. The molecule has 1 saturated heterocycles. The molecule has 2 heterocycles. The largest absolute Gasteiger partial charge is 0.494 e. The SMILES string of the molecule is CN1CCN(CCCOc2cccc(-c3n[nH]nc3C(N)=O)c2)CC1. The second kappa shape index (κ2) is 8.09. The topological polar surface area (TPSA) is 100 Å². The quantitative estimate of drug-likeness (QED) is 0.713. The van der Waals surface area contributed by atoms with Crippen LogP contribution in [0.4, 0.5) is 0 Å². The highest BCUT2D eigenvalue weighted by Gasteiger charge is 2.16. The molecule has 1 aromatic heterocycles. The van der Waals surface area contributed by atoms with Crippen LogP contribution in [0.2, 0.25) is 0 Å². The number of carbonyl (C=O) groups is 1. The monoisotopic (exact) mass is 344 g/mol. The predicted octanol–water partition coefficient (Wildman–Crippen LogP) is 0.587. The molecule has 25 heavy (non-hydrogen) atoms. The molecule has 0 spiro atoms. The Balaban J connectivity index is 1.52. The molecule has 0 atom stereocenters. The number of hydrogen-bond acceptors (Lipinski definition) is 6. The van der Waals surface area contributed by atoms with E-state index in [0.717, 1.165) is 50.5 Å². The van der Waals surface area contributed by atoms with Gasteiger partial charge in [0.2, 0.25) is 0 Å². The Hall–Kier alpha value is -2.45. The Morgan fingerprint density at radius 1 is 1.28 bits per heavy atom. The van der Waals surface area contributed by atoms with Crippen LogP contribution < -0.4 is 10.5 Å². The fraction of sp³-hybridized carbons (Fsp3) is 0.471. The molecule has 0 saturated carbocycles. The molecule has 0 radical (unpaired) electrons. The number of nitrogens with two attached hydrogens (primary N) is 1. The zero-order valence-electron chi connectivity index (χ0n) is 14.4. The lowest BCUT2D eigenvalue weighted by molar-refractivity contribution is 0.0996. The van der Waals surface area contributed by atoms with Crippen molar-refractivity contribution >= 4 is 5.91 Å². The number of benzene rings is 1. The van der Waals surface area contributed by atoms with Crippen LogP contribution in [0.25, 0.3) is 11.3 Å². The Labute approximate surface area is 146 Å². The van der Waals surface area contributed by atoms with Crippen LogP contribution in [0.5, 0.6) is 5.75 Å². The normalized spacial score (nSPS) is 16.0. The summed E-state index contributed by atoms with van der Waals surface area (Å²) in [5, 5.41) is 10.2. The first-order chi connectivity index (χ1) is 12.1. The summed E-state index contributed by atoms with van der Waals surface area (Å²) < 4.78 is 5.85. The fourth-order valence-electron chi connectivity index (χ4n) is 2.89. The molecule has 0 unspecified atom stereocenters. The number of amides is 1. The minimum Gasteiger partial charge on any atom is -0.494 e. The maximum atomic E-state index is 11.4. The lowest BCUT2D eigenvalue weighted by Gasteiger charge is -2.32. The zero-order valence-corrected chi connectivity index (χ0v) is 14.4. The number of nitrogens with zero attached hydrogens (tertiary/aromatic N) is 4. The van der Waals surface area contributed by atoms with Gasteiger partial charge in [-0.05, 0) is 25.6 Å². The summed E-state index contributed by atoms with van der Waals surface area (Å²) in [5.41, 5.74) is 6.63. The van der Waals surface area contributed by atoms with Crippen molar-refractivity contribution < 1.29 is 9.53 Å². The number of primary amides is 1. The van der Waals surface area contributed by atoms with Crippen molar-refractivity contribution in [1.82, 2.24) is 25.2 Å². The van der Waals surface area contributed by atoms with Gasteiger partial charge < -0.3 is 20.3 Å². The number of rotatable bonds is 7. The summed E-state index contributed by atoms with van der Waals surface area (Å²) >= 11 is 0. The van der Waals surface area contributed by atoms with Gasteiger partial charge in [-0.2, -0.15) is 15.4 Å². The first-order valence-corrected chi connectivity index (χ1v) is 8.48. The Morgan fingerprint density at radius 2 is 2.08 bits per heavy atom. The van der Waals surface area contributed by atoms with E-state index in [2.05, 4.69) is 32.3 Å². The molecule has 2 aromatic rings. The molecule has 8 heteroatoms. The average Bonchev–Trinajstić information content (AvgIpc) is 3.11. The highest BCUT2D eigenvalue weighted by molar-refractivity contribution is 5.96. The number of nitrogens with one attached hydrogen (secondary N) is 1. The summed E-state index contributed by atoms with van der Waals surface area (Å²) in [4.78, 5) is 16.2. The molecule has 1 fully saturated rings. The highest BCUT2D eigenvalue weighted by Crippen LogP contribution is 2.24. The van der Waals surface area contributed by atoms with Crippen LogP contribution in [0.3, 0.4) is 0 Å². The zero-order chi connectivity index (χ0) is 17.6. The summed E-state index contributed by atoms with van der Waals surface area (Å²) in [6.45, 7) is 6.19. The molecule has 1 aromatic carbocycles. The molecule has 3 rings (SSSR count). The van der Waals surface area contributed by atoms with Crippen molar-refractivity contribution in [1.29, 1.82) is 0 Å². The molecule has 1 amide bonds. The third-order valence-electron chi connectivity index (χ3n) is 4.37. The molecule has 1 aliphatic rings. The molecule has 8 nitrogen and oxygen atoms in total. The molecule has 0 aliphatic carbocycles. The van der Waals surface area contributed by atoms with Crippen molar-refractivity contribution in [2.24, 2.45) is 5.73 Å². The van der Waals surface area contributed by atoms with Crippen molar-refractivity contribution in [3.05, 3.63) is 30.0 Å². The predicted molar refractivity (Wildman–Crippen MR) is 94.4 cm³/mol. The number of carbonyl (C=O) groups excluding carboxylic acids is 1. The van der Waals surface area contributed by atoms with Gasteiger partial charge in [0.05, 0.1) is 6.61 Å². The molecular weight excluding hydrogens is 320 g/mol. The van der Waals surface area contributed by atoms with Crippen LogP contribution in [-0.2, 0) is 0 Å². The van der Waals surface area contributed by atoms with Crippen LogP contribution in [0, 0.1) is 0 Å². The van der Waals surface area contributed by atoms with E-state index in [-0.39, 0.29) is 5.69 Å². The van der Waals surface area contributed by atoms with Gasteiger partial charge in [0.25, 0.3) is 5.91 Å². The summed E-state index contributed by atoms with van der Waals surface area (Å²) in [6.07, 6.45) is 0.977. The van der Waals surface area contributed by atoms with Crippen molar-refractivity contribution in [2.45, 2.75) is 6.42 Å². The molecule has 3 N–H and O–H groups in total. The minimum absolute atomic E-state index is 0.132. The first kappa shape index (κ1) is 17.4. The summed E-state index contributed by atoms with van der Waals surface area (Å²) in [5.74, 6) is 0.136. The lowest BCUT2D eigenvalue weighted by Crippen LogP contribution is -2.44. The van der Waals surface area contributed by atoms with Crippen LogP contribution in [-0.4, -0.2) is 77.5 Å². The maximum Gasteiger partial charge on any atom is 0.271 e. The van der Waals surface area contributed by atoms with E-state index < -0.39 is 5.91 Å². The van der Waals surface area contributed by atoms with E-state index in [4.69, 9.17) is 10.5 Å². The Morgan fingerprint density at radius 3 is 2.84 bits per heavy atom. The number of hydrogen-bond donors (Lipinski definition) is 2. The number of H-pyrrole nitrogens is 1. The smallest absolute Gasteiger partial charge is 0.271 e. The maximum absolute atomic E-state index is 11.4. The van der Waals surface area contributed by atoms with Gasteiger partial charge in [0, 0.05) is 38.3 Å². The van der Waals surface area contributed by atoms with Gasteiger partial charge in [-0.25, -0.2) is 0 Å². The second-order valence-corrected chi connectivity index (χ2v) is 6.26. The van der Waals surface area contributed by atoms with Gasteiger partial charge in [-0.1, -0.05) is 12.1 Å². The second-order valence-electron chi connectivity index (χ2n) is 6.26. The first-order valence-electron chi connectivity index (χ1n) is 8.48. The van der Waals surface area contributed by atoms with E-state index in [1.807, 2.05) is 24.3 Å². The third-order valence-corrected chi connectivity index (χ3v) is 4.37. The van der Waals surface area contributed by atoms with E-state index in [1.165, 1.54) is 0 Å². The molecule has 134 valence electrons. The lowest BCUT2D eigenvalue weighted by atomic mass is 10.1. The summed E-state index contributed by atoms with van der Waals surface area (Å²) in [6, 6.07) is 7.45. The average molecular weight is 344 g/mol. The van der Waals surface area contributed by atoms with Crippen LogP contribution >= 0.6 is 0 Å². The van der Waals surface area contributed by atoms with E-state index >= 15 is 0 Å². The van der Waals surface area contributed by atoms with Crippen LogP contribution in [0.1, 0.15) is 16.9 Å². The van der Waals surface area contributed by atoms with E-state index in [9.17, 15) is 4.79 Å². The van der Waals surface area contributed by atoms with E-state index in [0.29, 0.717) is 12.3 Å². The fourth-order valence-corrected chi connectivity index (χ4v) is 2.89. The van der Waals surface area contributed by atoms with Gasteiger partial charge in [-0.3, -0.25) is 4.79 Å². The van der Waals surface area contributed by atoms with Crippen molar-refractivity contribution in [3.8, 4) is 17.0 Å². The molecule has 0 bridgehead atoms. The number of aromatic nitrogens is 3. The molecule has 1 aliphatic heterocycles. The number of likely N-dealkylation sites (N-methyl/N-ethyl adjacent to an activating group) is 1. The van der Waals surface area contributed by atoms with Crippen molar-refractivity contribution in [3.63, 3.8) is 0 Å². The van der Waals surface area contributed by atoms with Gasteiger partial charge in [0.1, 0.15) is 11.4 Å².